The summed E-state index contributed by atoms with van der Waals surface area (Å²) < 4.78 is 7.70. The summed E-state index contributed by atoms with van der Waals surface area (Å²) in [6, 6.07) is 22.5. The third-order valence-corrected chi connectivity index (χ3v) is 4.48. The van der Waals surface area contributed by atoms with Crippen molar-refractivity contribution in [2.24, 2.45) is 0 Å². The summed E-state index contributed by atoms with van der Waals surface area (Å²) >= 11 is 0. The fourth-order valence-corrected chi connectivity index (χ4v) is 3.13. The predicted octanol–water partition coefficient (Wildman–Crippen LogP) is 4.22. The average Bonchev–Trinajstić information content (AvgIpc) is 3.33. The van der Waals surface area contributed by atoms with Crippen LogP contribution < -0.4 is 0 Å². The first-order valence-corrected chi connectivity index (χ1v) is 9.00. The van der Waals surface area contributed by atoms with Crippen molar-refractivity contribution >= 4 is 0 Å². The molecule has 0 N–H and O–H groups in total. The van der Waals surface area contributed by atoms with Gasteiger partial charge in [0.1, 0.15) is 5.69 Å². The van der Waals surface area contributed by atoms with Crippen molar-refractivity contribution in [2.45, 2.75) is 19.6 Å². The van der Waals surface area contributed by atoms with Gasteiger partial charge in [-0.15, -0.1) is 0 Å². The molecule has 0 fully saturated rings. The molecule has 0 unspecified atom stereocenters. The van der Waals surface area contributed by atoms with E-state index in [0.29, 0.717) is 6.54 Å². The molecule has 4 aromatic rings. The van der Waals surface area contributed by atoms with E-state index in [1.165, 1.54) is 11.3 Å². The lowest BCUT2D eigenvalue weighted by molar-refractivity contribution is 0.262. The molecule has 2 aromatic carbocycles. The molecule has 0 atom stereocenters. The fourth-order valence-electron chi connectivity index (χ4n) is 3.13. The number of benzene rings is 2. The van der Waals surface area contributed by atoms with Crippen molar-refractivity contribution in [3.63, 3.8) is 0 Å². The second kappa shape index (κ2) is 8.01. The molecule has 0 aliphatic carbocycles. The Balaban J connectivity index is 1.40. The zero-order valence-electron chi connectivity index (χ0n) is 15.3. The van der Waals surface area contributed by atoms with Gasteiger partial charge in [-0.25, -0.2) is 4.98 Å². The Bertz CT molecular complexity index is 976. The third-order valence-electron chi connectivity index (χ3n) is 4.48. The minimum absolute atomic E-state index is 0.691. The maximum Gasteiger partial charge on any atom is 0.151 e. The van der Waals surface area contributed by atoms with Gasteiger partial charge in [0.2, 0.25) is 0 Å². The van der Waals surface area contributed by atoms with Crippen molar-refractivity contribution in [3.05, 3.63) is 96.3 Å². The van der Waals surface area contributed by atoms with Crippen LogP contribution in [-0.4, -0.2) is 26.7 Å². The maximum absolute atomic E-state index is 5.52. The Morgan fingerprint density at radius 1 is 0.963 bits per heavy atom. The molecule has 2 aromatic heterocycles. The minimum atomic E-state index is 0.691. The van der Waals surface area contributed by atoms with E-state index < -0.39 is 0 Å². The van der Waals surface area contributed by atoms with Crippen LogP contribution in [0.25, 0.3) is 11.3 Å². The number of rotatable bonds is 7. The molecule has 0 aliphatic heterocycles. The number of aromatic nitrogens is 3. The quantitative estimate of drug-likeness (QED) is 0.496. The Labute approximate surface area is 158 Å². The molecule has 0 saturated heterocycles. The van der Waals surface area contributed by atoms with Crippen LogP contribution in [0.3, 0.4) is 0 Å². The number of nitrogens with zero attached hydrogens (tertiary/aromatic N) is 4. The SMILES string of the molecule is CN(Cc1cc(-c2ccccc2)no1)Cc1cncn1Cc1ccccc1. The lowest BCUT2D eigenvalue weighted by atomic mass is 10.1. The lowest BCUT2D eigenvalue weighted by Crippen LogP contribution is -2.19. The minimum Gasteiger partial charge on any atom is -0.359 e. The molecule has 136 valence electrons. The van der Waals surface area contributed by atoms with E-state index in [2.05, 4.69) is 50.9 Å². The van der Waals surface area contributed by atoms with E-state index in [0.717, 1.165) is 30.1 Å². The van der Waals surface area contributed by atoms with Gasteiger partial charge < -0.3 is 9.09 Å². The number of imidazole rings is 1. The van der Waals surface area contributed by atoms with Crippen molar-refractivity contribution in [1.29, 1.82) is 0 Å². The summed E-state index contributed by atoms with van der Waals surface area (Å²) in [5.41, 5.74) is 4.37. The first-order chi connectivity index (χ1) is 13.3. The summed E-state index contributed by atoms with van der Waals surface area (Å²) in [4.78, 5) is 6.52. The maximum atomic E-state index is 5.52. The largest absolute Gasteiger partial charge is 0.359 e. The smallest absolute Gasteiger partial charge is 0.151 e. The first kappa shape index (κ1) is 17.2. The van der Waals surface area contributed by atoms with Crippen LogP contribution in [0.2, 0.25) is 0 Å². The van der Waals surface area contributed by atoms with Gasteiger partial charge in [0.05, 0.1) is 18.6 Å². The van der Waals surface area contributed by atoms with Gasteiger partial charge in [-0.3, -0.25) is 4.90 Å². The Morgan fingerprint density at radius 3 is 2.48 bits per heavy atom. The van der Waals surface area contributed by atoms with Crippen LogP contribution in [0, 0.1) is 0 Å². The predicted molar refractivity (Wildman–Crippen MR) is 105 cm³/mol. The molecule has 0 aliphatic rings. The molecule has 4 rings (SSSR count). The van der Waals surface area contributed by atoms with Crippen LogP contribution in [0.1, 0.15) is 17.0 Å². The molecule has 2 heterocycles. The van der Waals surface area contributed by atoms with E-state index in [1.807, 2.05) is 55.0 Å². The van der Waals surface area contributed by atoms with Crippen molar-refractivity contribution in [2.75, 3.05) is 7.05 Å². The second-order valence-electron chi connectivity index (χ2n) is 6.72. The van der Waals surface area contributed by atoms with Gasteiger partial charge in [0.15, 0.2) is 5.76 Å². The molecule has 0 radical (unpaired) electrons. The van der Waals surface area contributed by atoms with Crippen molar-refractivity contribution in [1.82, 2.24) is 19.6 Å². The van der Waals surface area contributed by atoms with Gasteiger partial charge in [0, 0.05) is 30.9 Å². The second-order valence-corrected chi connectivity index (χ2v) is 6.72. The summed E-state index contributed by atoms with van der Waals surface area (Å²) in [6.45, 7) is 2.30. The molecule has 0 saturated carbocycles. The normalized spacial score (nSPS) is 11.2. The van der Waals surface area contributed by atoms with E-state index >= 15 is 0 Å². The third kappa shape index (κ3) is 4.33. The highest BCUT2D eigenvalue weighted by Crippen LogP contribution is 2.19. The molecule has 0 spiro atoms. The van der Waals surface area contributed by atoms with Crippen LogP contribution in [0.5, 0.6) is 0 Å². The average molecular weight is 358 g/mol. The van der Waals surface area contributed by atoms with Crippen molar-refractivity contribution in [3.8, 4) is 11.3 Å². The van der Waals surface area contributed by atoms with Gasteiger partial charge in [-0.2, -0.15) is 0 Å². The van der Waals surface area contributed by atoms with E-state index in [9.17, 15) is 0 Å². The van der Waals surface area contributed by atoms with Crippen LogP contribution in [0.4, 0.5) is 0 Å². The molecule has 27 heavy (non-hydrogen) atoms. The first-order valence-electron chi connectivity index (χ1n) is 9.00. The highest BCUT2D eigenvalue weighted by molar-refractivity contribution is 5.58. The van der Waals surface area contributed by atoms with Crippen LogP contribution in [-0.2, 0) is 19.6 Å². The summed E-state index contributed by atoms with van der Waals surface area (Å²) in [6.07, 6.45) is 3.81. The van der Waals surface area contributed by atoms with E-state index in [4.69, 9.17) is 4.52 Å². The lowest BCUT2D eigenvalue weighted by Gasteiger charge is -2.16. The van der Waals surface area contributed by atoms with E-state index in [-0.39, 0.29) is 0 Å². The zero-order valence-corrected chi connectivity index (χ0v) is 15.3. The highest BCUT2D eigenvalue weighted by Gasteiger charge is 2.11. The molecule has 5 nitrogen and oxygen atoms in total. The zero-order chi connectivity index (χ0) is 18.5. The molecular formula is C22H22N4O. The standard InChI is InChI=1S/C22H22N4O/c1-25(16-21-12-22(24-27-21)19-10-6-3-7-11-19)15-20-13-23-17-26(20)14-18-8-4-2-5-9-18/h2-13,17H,14-16H2,1H3. The van der Waals surface area contributed by atoms with Crippen molar-refractivity contribution < 1.29 is 4.52 Å². The van der Waals surface area contributed by atoms with Crippen LogP contribution >= 0.6 is 0 Å². The van der Waals surface area contributed by atoms with Gasteiger partial charge in [0.25, 0.3) is 0 Å². The van der Waals surface area contributed by atoms with E-state index in [1.54, 1.807) is 0 Å². The molecular weight excluding hydrogens is 336 g/mol. The highest BCUT2D eigenvalue weighted by atomic mass is 16.5. The van der Waals surface area contributed by atoms with Gasteiger partial charge in [-0.05, 0) is 12.6 Å². The molecule has 0 amide bonds. The summed E-state index contributed by atoms with van der Waals surface area (Å²) in [5, 5.41) is 4.19. The van der Waals surface area contributed by atoms with Gasteiger partial charge >= 0.3 is 0 Å². The summed E-state index contributed by atoms with van der Waals surface area (Å²) in [7, 11) is 2.07. The monoisotopic (exact) mass is 358 g/mol. The summed E-state index contributed by atoms with van der Waals surface area (Å²) in [5.74, 6) is 0.852. The van der Waals surface area contributed by atoms with Gasteiger partial charge in [-0.1, -0.05) is 65.8 Å². The fraction of sp³-hybridized carbons (Fsp3) is 0.182. The Kier molecular flexibility index (Phi) is 5.12. The topological polar surface area (TPSA) is 47.1 Å². The Morgan fingerprint density at radius 2 is 1.70 bits per heavy atom. The number of hydrogen-bond acceptors (Lipinski definition) is 4. The number of hydrogen-bond donors (Lipinski definition) is 0. The molecule has 0 bridgehead atoms. The molecule has 5 heteroatoms. The van der Waals surface area contributed by atoms with Crippen LogP contribution in [0.15, 0.2) is 83.8 Å². The Hall–Kier alpha value is -3.18.